The second kappa shape index (κ2) is 5.01. The molecule has 1 N–H and O–H groups in total. The van der Waals surface area contributed by atoms with E-state index in [1.807, 2.05) is 0 Å². The Morgan fingerprint density at radius 2 is 1.32 bits per heavy atom. The van der Waals surface area contributed by atoms with Crippen molar-refractivity contribution in [3.8, 4) is 0 Å². The van der Waals surface area contributed by atoms with Crippen LogP contribution in [0, 0.1) is 0 Å². The molecule has 0 aromatic carbocycles. The smallest absolute Gasteiger partial charge is 0.215 e. The van der Waals surface area contributed by atoms with Crippen molar-refractivity contribution < 1.29 is 52.0 Å². The Balaban J connectivity index is 5.91. The molecular weight excluding hydrogens is 342 g/mol. The molecule has 0 aromatic rings. The maximum Gasteiger partial charge on any atom is 0.428 e. The number of hydrogen-bond acceptors (Lipinski definition) is 4. The molecule has 116 valence electrons. The summed E-state index contributed by atoms with van der Waals surface area (Å²) in [6.45, 7) is 0. The van der Waals surface area contributed by atoms with Crippen LogP contribution in [0.5, 0.6) is 0 Å². The van der Waals surface area contributed by atoms with Crippen LogP contribution in [0.25, 0.3) is 0 Å². The van der Waals surface area contributed by atoms with E-state index < -0.39 is 44.4 Å². The summed E-state index contributed by atoms with van der Waals surface area (Å²) in [7, 11) is -11.3. The third-order valence-corrected chi connectivity index (χ3v) is 4.08. The molecule has 0 unspecified atom stereocenters. The minimum absolute atomic E-state index is 0.106. The third-order valence-electron chi connectivity index (χ3n) is 1.59. The van der Waals surface area contributed by atoms with Crippen LogP contribution in [0.4, 0.5) is 35.1 Å². The van der Waals surface area contributed by atoms with E-state index in [0.29, 0.717) is 0 Å². The quantitative estimate of drug-likeness (QED) is 0.545. The zero-order chi connectivity index (χ0) is 15.9. The summed E-state index contributed by atoms with van der Waals surface area (Å²) in [4.78, 5) is 0. The Morgan fingerprint density at radius 3 is 1.58 bits per heavy atom. The van der Waals surface area contributed by atoms with Crippen molar-refractivity contribution in [1.82, 2.24) is 4.13 Å². The number of halogens is 8. The summed E-state index contributed by atoms with van der Waals surface area (Å²) >= 11 is 0. The maximum atomic E-state index is 12.7. The van der Waals surface area contributed by atoms with Crippen LogP contribution >= 0.6 is 0 Å². The Kier molecular flexibility index (Phi) is 4.82. The standard InChI is InChI=1S/C4H3F8NO4S2/c5-1(6)2(7,8)3(9,10)4(11,12)19(16,17)13-18(14)15/h1,18H,(H,13,14,15). The number of alkyl halides is 8. The second-order valence-corrected chi connectivity index (χ2v) is 5.63. The zero-order valence-electron chi connectivity index (χ0n) is 8.09. The topological polar surface area (TPSA) is 80.3 Å². The normalized spacial score (nSPS) is 15.3. The molecule has 0 saturated carbocycles. The maximum absolute atomic E-state index is 12.7. The molecule has 0 saturated heterocycles. The monoisotopic (exact) mass is 345 g/mol. The Bertz CT molecular complexity index is 503. The van der Waals surface area contributed by atoms with Crippen molar-refractivity contribution >= 4 is 20.9 Å². The molecule has 0 aliphatic rings. The number of rotatable bonds is 6. The molecule has 0 fully saturated rings. The summed E-state index contributed by atoms with van der Waals surface area (Å²) in [5.74, 6) is -13.8. The van der Waals surface area contributed by atoms with Gasteiger partial charge in [-0.1, -0.05) is 0 Å². The van der Waals surface area contributed by atoms with Gasteiger partial charge in [0.2, 0.25) is 10.9 Å². The fourth-order valence-electron chi connectivity index (χ4n) is 0.655. The van der Waals surface area contributed by atoms with Gasteiger partial charge in [-0.3, -0.25) is 0 Å². The highest BCUT2D eigenvalue weighted by Gasteiger charge is 2.80. The van der Waals surface area contributed by atoms with Crippen molar-refractivity contribution in [3.63, 3.8) is 0 Å². The molecule has 19 heavy (non-hydrogen) atoms. The summed E-state index contributed by atoms with van der Waals surface area (Å²) in [6, 6.07) is 0. The number of thiol groups is 1. The molecule has 0 aliphatic heterocycles. The highest BCUT2D eigenvalue weighted by molar-refractivity contribution is 7.98. The first-order valence-electron chi connectivity index (χ1n) is 3.69. The van der Waals surface area contributed by atoms with Gasteiger partial charge in [-0.05, 0) is 0 Å². The zero-order valence-corrected chi connectivity index (χ0v) is 9.80. The van der Waals surface area contributed by atoms with Crippen LogP contribution in [-0.4, -0.2) is 40.4 Å². The summed E-state index contributed by atoms with van der Waals surface area (Å²) in [5.41, 5.74) is 0. The molecular formula is C4H3F8NO4S2. The lowest BCUT2D eigenvalue weighted by Crippen LogP contribution is -2.62. The molecule has 5 nitrogen and oxygen atoms in total. The lowest BCUT2D eigenvalue weighted by atomic mass is 10.2. The molecule has 0 atom stereocenters. The number of nitrogens with one attached hydrogen (secondary N) is 1. The van der Waals surface area contributed by atoms with E-state index in [-0.39, 0.29) is 4.13 Å². The van der Waals surface area contributed by atoms with Crippen LogP contribution in [0.2, 0.25) is 0 Å². The average molecular weight is 345 g/mol. The van der Waals surface area contributed by atoms with Gasteiger partial charge in [-0.25, -0.2) is 25.6 Å². The summed E-state index contributed by atoms with van der Waals surface area (Å²) in [6.07, 6.45) is -5.32. The highest BCUT2D eigenvalue weighted by Crippen LogP contribution is 2.50. The van der Waals surface area contributed by atoms with Gasteiger partial charge in [-0.2, -0.15) is 26.3 Å². The van der Waals surface area contributed by atoms with Crippen molar-refractivity contribution in [1.29, 1.82) is 0 Å². The van der Waals surface area contributed by atoms with E-state index in [4.69, 9.17) is 0 Å². The predicted molar refractivity (Wildman–Crippen MR) is 43.2 cm³/mol. The van der Waals surface area contributed by atoms with Crippen LogP contribution in [0.1, 0.15) is 0 Å². The van der Waals surface area contributed by atoms with Crippen LogP contribution in [-0.2, 0) is 20.9 Å². The minimum atomic E-state index is -7.05. The van der Waals surface area contributed by atoms with Gasteiger partial charge < -0.3 is 0 Å². The highest BCUT2D eigenvalue weighted by atomic mass is 32.3. The first-order valence-corrected chi connectivity index (χ1v) is 6.35. The van der Waals surface area contributed by atoms with Gasteiger partial charge in [0, 0.05) is 0 Å². The molecule has 0 spiro atoms. The predicted octanol–water partition coefficient (Wildman–Crippen LogP) is 0.561. The fraction of sp³-hybridized carbons (Fsp3) is 1.00. The van der Waals surface area contributed by atoms with Gasteiger partial charge in [0.25, 0.3) is 10.0 Å². The van der Waals surface area contributed by atoms with Crippen LogP contribution in [0.3, 0.4) is 0 Å². The van der Waals surface area contributed by atoms with Crippen molar-refractivity contribution in [2.75, 3.05) is 0 Å². The van der Waals surface area contributed by atoms with E-state index >= 15 is 0 Å². The largest absolute Gasteiger partial charge is 0.428 e. The summed E-state index contributed by atoms with van der Waals surface area (Å²) in [5, 5.41) is -6.80. The molecule has 0 amide bonds. The molecule has 15 heteroatoms. The Hall–Kier alpha value is -0.700. The van der Waals surface area contributed by atoms with Crippen LogP contribution in [0.15, 0.2) is 0 Å². The van der Waals surface area contributed by atoms with Gasteiger partial charge in [0.15, 0.2) is 0 Å². The van der Waals surface area contributed by atoms with E-state index in [1.54, 1.807) is 0 Å². The molecule has 0 rings (SSSR count). The number of sulfonamides is 1. The molecule has 0 aromatic heterocycles. The van der Waals surface area contributed by atoms with E-state index in [0.717, 1.165) is 0 Å². The molecule has 0 bridgehead atoms. The SMILES string of the molecule is O=[SH](=O)NS(=O)(=O)C(F)(F)C(F)(F)C(F)(F)C(F)F. The Labute approximate surface area is 101 Å². The summed E-state index contributed by atoms with van der Waals surface area (Å²) < 4.78 is 139. The second-order valence-electron chi connectivity index (χ2n) is 2.87. The first-order chi connectivity index (χ1) is 8.11. The van der Waals surface area contributed by atoms with Crippen molar-refractivity contribution in [2.45, 2.75) is 23.5 Å². The van der Waals surface area contributed by atoms with Crippen molar-refractivity contribution in [3.05, 3.63) is 0 Å². The third kappa shape index (κ3) is 2.91. The number of hydrogen-bond donors (Lipinski definition) is 2. The van der Waals surface area contributed by atoms with E-state index in [1.165, 1.54) is 0 Å². The average Bonchev–Trinajstić information content (AvgIpc) is 2.14. The lowest BCUT2D eigenvalue weighted by Gasteiger charge is -2.30. The van der Waals surface area contributed by atoms with E-state index in [2.05, 4.69) is 0 Å². The first kappa shape index (κ1) is 18.3. The Morgan fingerprint density at radius 1 is 0.947 bits per heavy atom. The lowest BCUT2D eigenvalue weighted by molar-refractivity contribution is -0.314. The van der Waals surface area contributed by atoms with Gasteiger partial charge in [0.1, 0.15) is 0 Å². The molecule has 0 radical (unpaired) electrons. The van der Waals surface area contributed by atoms with Gasteiger partial charge in [0.05, 0.1) is 0 Å². The van der Waals surface area contributed by atoms with Gasteiger partial charge >= 0.3 is 23.5 Å². The van der Waals surface area contributed by atoms with Gasteiger partial charge in [-0.15, -0.1) is 4.13 Å². The molecule has 0 aliphatic carbocycles. The van der Waals surface area contributed by atoms with E-state index in [9.17, 15) is 52.0 Å². The van der Waals surface area contributed by atoms with Crippen LogP contribution < -0.4 is 4.13 Å². The molecule has 0 heterocycles. The van der Waals surface area contributed by atoms with Crippen molar-refractivity contribution in [2.24, 2.45) is 0 Å². The minimum Gasteiger partial charge on any atom is -0.215 e. The fourth-order valence-corrected chi connectivity index (χ4v) is 2.37.